The van der Waals surface area contributed by atoms with Gasteiger partial charge in [-0.3, -0.25) is 4.79 Å². The fraction of sp³-hybridized carbons (Fsp3) is 0.917. The lowest BCUT2D eigenvalue weighted by Gasteiger charge is -2.17. The van der Waals surface area contributed by atoms with Crippen molar-refractivity contribution in [2.75, 3.05) is 26.3 Å². The second kappa shape index (κ2) is 7.63. The van der Waals surface area contributed by atoms with Gasteiger partial charge in [-0.1, -0.05) is 6.42 Å². The maximum atomic E-state index is 11.8. The second-order valence-electron chi connectivity index (χ2n) is 4.37. The van der Waals surface area contributed by atoms with Gasteiger partial charge in [0.2, 0.25) is 5.91 Å². The third-order valence-electron chi connectivity index (χ3n) is 3.27. The predicted molar refractivity (Wildman–Crippen MR) is 64.0 cm³/mol. The number of nitrogens with two attached hydrogens (primary N) is 1. The maximum Gasteiger partial charge on any atom is 0.223 e. The fourth-order valence-corrected chi connectivity index (χ4v) is 2.33. The molecule has 1 amide bonds. The van der Waals surface area contributed by atoms with Gasteiger partial charge in [0, 0.05) is 25.7 Å². The standard InChI is InChI=1S/C12H24N2O2/c1-2-16-8-4-7-14-12(15)11-6-3-5-10(11)9-13/h10-11H,2-9,13H2,1H3,(H,14,15). The molecule has 0 aliphatic heterocycles. The van der Waals surface area contributed by atoms with Crippen LogP contribution in [0.25, 0.3) is 0 Å². The SMILES string of the molecule is CCOCCCNC(=O)C1CCCC1CN. The Kier molecular flexibility index (Phi) is 6.42. The summed E-state index contributed by atoms with van der Waals surface area (Å²) in [6.45, 7) is 4.79. The van der Waals surface area contributed by atoms with Gasteiger partial charge in [-0.15, -0.1) is 0 Å². The summed E-state index contributed by atoms with van der Waals surface area (Å²) in [5.41, 5.74) is 5.66. The van der Waals surface area contributed by atoms with Crippen LogP contribution in [0.5, 0.6) is 0 Å². The predicted octanol–water partition coefficient (Wildman–Crippen LogP) is 0.904. The van der Waals surface area contributed by atoms with Gasteiger partial charge < -0.3 is 15.8 Å². The highest BCUT2D eigenvalue weighted by Gasteiger charge is 2.31. The van der Waals surface area contributed by atoms with Crippen LogP contribution in [0.2, 0.25) is 0 Å². The third-order valence-corrected chi connectivity index (χ3v) is 3.27. The molecule has 1 rings (SSSR count). The van der Waals surface area contributed by atoms with Gasteiger partial charge >= 0.3 is 0 Å². The molecule has 0 heterocycles. The van der Waals surface area contributed by atoms with E-state index < -0.39 is 0 Å². The first-order valence-corrected chi connectivity index (χ1v) is 6.35. The van der Waals surface area contributed by atoms with Crippen molar-refractivity contribution in [1.29, 1.82) is 0 Å². The first kappa shape index (κ1) is 13.5. The molecule has 0 spiro atoms. The van der Waals surface area contributed by atoms with E-state index in [1.807, 2.05) is 6.92 Å². The third kappa shape index (κ3) is 4.10. The summed E-state index contributed by atoms with van der Waals surface area (Å²) in [7, 11) is 0. The molecule has 0 saturated heterocycles. The monoisotopic (exact) mass is 228 g/mol. The second-order valence-corrected chi connectivity index (χ2v) is 4.37. The van der Waals surface area contributed by atoms with E-state index in [9.17, 15) is 4.79 Å². The van der Waals surface area contributed by atoms with E-state index in [1.54, 1.807) is 0 Å². The van der Waals surface area contributed by atoms with Crippen LogP contribution in [0.15, 0.2) is 0 Å². The van der Waals surface area contributed by atoms with E-state index >= 15 is 0 Å². The minimum atomic E-state index is 0.150. The fourth-order valence-electron chi connectivity index (χ4n) is 2.33. The van der Waals surface area contributed by atoms with Crippen molar-refractivity contribution >= 4 is 5.91 Å². The Bertz CT molecular complexity index is 209. The number of hydrogen-bond acceptors (Lipinski definition) is 3. The Labute approximate surface area is 97.9 Å². The summed E-state index contributed by atoms with van der Waals surface area (Å²) in [5, 5.41) is 2.97. The summed E-state index contributed by atoms with van der Waals surface area (Å²) in [6, 6.07) is 0. The van der Waals surface area contributed by atoms with Gasteiger partial charge in [0.05, 0.1) is 0 Å². The number of nitrogens with one attached hydrogen (secondary N) is 1. The Morgan fingerprint density at radius 3 is 3.00 bits per heavy atom. The van der Waals surface area contributed by atoms with Gasteiger partial charge in [-0.05, 0) is 38.6 Å². The van der Waals surface area contributed by atoms with Crippen molar-refractivity contribution in [2.45, 2.75) is 32.6 Å². The molecular weight excluding hydrogens is 204 g/mol. The molecule has 1 fully saturated rings. The van der Waals surface area contributed by atoms with Crippen molar-refractivity contribution < 1.29 is 9.53 Å². The molecule has 0 bridgehead atoms. The molecule has 4 heteroatoms. The normalized spacial score (nSPS) is 24.6. The van der Waals surface area contributed by atoms with E-state index in [0.717, 1.165) is 38.9 Å². The van der Waals surface area contributed by atoms with Crippen molar-refractivity contribution in [3.8, 4) is 0 Å². The topological polar surface area (TPSA) is 64.3 Å². The highest BCUT2D eigenvalue weighted by Crippen LogP contribution is 2.30. The quantitative estimate of drug-likeness (QED) is 0.636. The van der Waals surface area contributed by atoms with Gasteiger partial charge in [0.15, 0.2) is 0 Å². The number of hydrogen-bond donors (Lipinski definition) is 2. The molecule has 4 nitrogen and oxygen atoms in total. The highest BCUT2D eigenvalue weighted by molar-refractivity contribution is 5.79. The van der Waals surface area contributed by atoms with E-state index in [-0.39, 0.29) is 11.8 Å². The van der Waals surface area contributed by atoms with Gasteiger partial charge in [-0.2, -0.15) is 0 Å². The highest BCUT2D eigenvalue weighted by atomic mass is 16.5. The van der Waals surface area contributed by atoms with Crippen LogP contribution in [0.1, 0.15) is 32.6 Å². The Morgan fingerprint density at radius 1 is 1.50 bits per heavy atom. The summed E-state index contributed by atoms with van der Waals surface area (Å²) in [5.74, 6) is 0.730. The summed E-state index contributed by atoms with van der Waals surface area (Å²) in [4.78, 5) is 11.8. The minimum Gasteiger partial charge on any atom is -0.382 e. The van der Waals surface area contributed by atoms with Crippen LogP contribution in [-0.2, 0) is 9.53 Å². The van der Waals surface area contributed by atoms with Crippen molar-refractivity contribution in [1.82, 2.24) is 5.32 Å². The number of amides is 1. The maximum absolute atomic E-state index is 11.8. The van der Waals surface area contributed by atoms with E-state index in [2.05, 4.69) is 5.32 Å². The van der Waals surface area contributed by atoms with E-state index in [1.165, 1.54) is 0 Å². The molecule has 2 unspecified atom stereocenters. The molecule has 0 aromatic heterocycles. The van der Waals surface area contributed by atoms with Gasteiger partial charge in [0.1, 0.15) is 0 Å². The first-order chi connectivity index (χ1) is 7.79. The molecule has 0 aromatic carbocycles. The molecule has 1 aliphatic rings. The molecule has 1 saturated carbocycles. The lowest BCUT2D eigenvalue weighted by Crippen LogP contribution is -2.35. The molecule has 94 valence electrons. The Hall–Kier alpha value is -0.610. The summed E-state index contributed by atoms with van der Waals surface area (Å²) in [6.07, 6.45) is 4.13. The number of ether oxygens (including phenoxy) is 1. The smallest absolute Gasteiger partial charge is 0.223 e. The molecule has 1 aliphatic carbocycles. The van der Waals surface area contributed by atoms with Crippen LogP contribution in [0.3, 0.4) is 0 Å². The van der Waals surface area contributed by atoms with Gasteiger partial charge in [0.25, 0.3) is 0 Å². The van der Waals surface area contributed by atoms with Crippen LogP contribution < -0.4 is 11.1 Å². The Balaban J connectivity index is 2.14. The van der Waals surface area contributed by atoms with Gasteiger partial charge in [-0.25, -0.2) is 0 Å². The number of rotatable bonds is 7. The lowest BCUT2D eigenvalue weighted by molar-refractivity contribution is -0.126. The zero-order chi connectivity index (χ0) is 11.8. The minimum absolute atomic E-state index is 0.150. The molecular formula is C12H24N2O2. The molecule has 3 N–H and O–H groups in total. The number of carbonyl (C=O) groups is 1. The van der Waals surface area contributed by atoms with E-state index in [0.29, 0.717) is 19.0 Å². The van der Waals surface area contributed by atoms with Crippen LogP contribution in [0.4, 0.5) is 0 Å². The molecule has 16 heavy (non-hydrogen) atoms. The molecule has 2 atom stereocenters. The largest absolute Gasteiger partial charge is 0.382 e. The zero-order valence-electron chi connectivity index (χ0n) is 10.2. The van der Waals surface area contributed by atoms with Crippen LogP contribution in [-0.4, -0.2) is 32.2 Å². The number of carbonyl (C=O) groups excluding carboxylic acids is 1. The van der Waals surface area contributed by atoms with Crippen molar-refractivity contribution in [3.05, 3.63) is 0 Å². The summed E-state index contributed by atoms with van der Waals surface area (Å²) < 4.78 is 5.21. The van der Waals surface area contributed by atoms with Crippen LogP contribution >= 0.6 is 0 Å². The Morgan fingerprint density at radius 2 is 2.31 bits per heavy atom. The average molecular weight is 228 g/mol. The molecule has 0 radical (unpaired) electrons. The average Bonchev–Trinajstić information content (AvgIpc) is 2.76. The first-order valence-electron chi connectivity index (χ1n) is 6.35. The lowest BCUT2D eigenvalue weighted by atomic mass is 9.95. The van der Waals surface area contributed by atoms with Crippen molar-refractivity contribution in [2.24, 2.45) is 17.6 Å². The zero-order valence-corrected chi connectivity index (χ0v) is 10.2. The molecule has 0 aromatic rings. The summed E-state index contributed by atoms with van der Waals surface area (Å²) >= 11 is 0. The van der Waals surface area contributed by atoms with Crippen LogP contribution in [0, 0.1) is 11.8 Å². The van der Waals surface area contributed by atoms with Crippen molar-refractivity contribution in [3.63, 3.8) is 0 Å². The van der Waals surface area contributed by atoms with E-state index in [4.69, 9.17) is 10.5 Å².